The van der Waals surface area contributed by atoms with E-state index >= 15 is 0 Å². The maximum atomic E-state index is 12.2. The summed E-state index contributed by atoms with van der Waals surface area (Å²) in [5, 5.41) is 27.2. The lowest BCUT2D eigenvalue weighted by Gasteiger charge is -2.16. The Balaban J connectivity index is 0.00000124. The highest BCUT2D eigenvalue weighted by Crippen LogP contribution is 2.26. The van der Waals surface area contributed by atoms with Crippen molar-refractivity contribution in [2.45, 2.75) is 18.9 Å². The van der Waals surface area contributed by atoms with Crippen LogP contribution in [0.15, 0.2) is 42.6 Å². The SMILES string of the molecule is CO.O=C(Cc1cccc(Cl)c1)Nc1nnc(OC2CCN(c3cccnn3)C2)s1. The number of halogens is 1. The summed E-state index contributed by atoms with van der Waals surface area (Å²) in [6, 6.07) is 11.0. The van der Waals surface area contributed by atoms with Gasteiger partial charge >= 0.3 is 0 Å². The molecule has 1 aliphatic rings. The summed E-state index contributed by atoms with van der Waals surface area (Å²) < 4.78 is 5.91. The second-order valence-electron chi connectivity index (χ2n) is 6.28. The molecule has 158 valence electrons. The van der Waals surface area contributed by atoms with Crippen molar-refractivity contribution in [3.05, 3.63) is 53.2 Å². The molecule has 1 aromatic carbocycles. The van der Waals surface area contributed by atoms with Gasteiger partial charge in [0, 0.05) is 31.3 Å². The number of hydrogen-bond donors (Lipinski definition) is 2. The Labute approximate surface area is 182 Å². The molecule has 3 heterocycles. The highest BCUT2D eigenvalue weighted by molar-refractivity contribution is 7.17. The van der Waals surface area contributed by atoms with Gasteiger partial charge < -0.3 is 20.1 Å². The molecule has 1 fully saturated rings. The Morgan fingerprint density at radius 3 is 2.93 bits per heavy atom. The molecule has 2 aromatic heterocycles. The second kappa shape index (κ2) is 10.8. The minimum atomic E-state index is -0.181. The molecule has 1 amide bonds. The molecule has 3 aromatic rings. The first-order chi connectivity index (χ1) is 14.7. The molecule has 1 saturated heterocycles. The third-order valence-electron chi connectivity index (χ3n) is 4.20. The van der Waals surface area contributed by atoms with E-state index in [9.17, 15) is 4.79 Å². The van der Waals surface area contributed by atoms with Gasteiger partial charge in [-0.2, -0.15) is 5.10 Å². The molecule has 4 rings (SSSR count). The van der Waals surface area contributed by atoms with Crippen LogP contribution >= 0.6 is 22.9 Å². The van der Waals surface area contributed by atoms with Gasteiger partial charge in [-0.1, -0.05) is 28.8 Å². The molecular formula is C19H21ClN6O3S. The fourth-order valence-electron chi connectivity index (χ4n) is 2.94. The van der Waals surface area contributed by atoms with Crippen LogP contribution in [-0.2, 0) is 11.2 Å². The fraction of sp³-hybridized carbons (Fsp3) is 0.316. The molecule has 2 N–H and O–H groups in total. The van der Waals surface area contributed by atoms with E-state index in [0.717, 1.165) is 31.5 Å². The van der Waals surface area contributed by atoms with Crippen LogP contribution in [0.25, 0.3) is 0 Å². The van der Waals surface area contributed by atoms with E-state index in [0.29, 0.717) is 21.9 Å². The van der Waals surface area contributed by atoms with E-state index in [2.05, 4.69) is 30.6 Å². The Morgan fingerprint density at radius 2 is 2.17 bits per heavy atom. The number of aliphatic hydroxyl groups excluding tert-OH is 1. The zero-order valence-corrected chi connectivity index (χ0v) is 17.8. The smallest absolute Gasteiger partial charge is 0.296 e. The molecule has 11 heteroatoms. The van der Waals surface area contributed by atoms with Crippen molar-refractivity contribution in [1.29, 1.82) is 0 Å². The number of carbonyl (C=O) groups is 1. The summed E-state index contributed by atoms with van der Waals surface area (Å²) in [7, 11) is 1.00. The van der Waals surface area contributed by atoms with Crippen LogP contribution < -0.4 is 15.0 Å². The summed E-state index contributed by atoms with van der Waals surface area (Å²) in [5.74, 6) is 0.652. The number of rotatable bonds is 6. The summed E-state index contributed by atoms with van der Waals surface area (Å²) >= 11 is 7.15. The van der Waals surface area contributed by atoms with Crippen LogP contribution in [0, 0.1) is 0 Å². The normalized spacial score (nSPS) is 15.3. The van der Waals surface area contributed by atoms with Crippen molar-refractivity contribution in [3.8, 4) is 5.19 Å². The number of carbonyl (C=O) groups excluding carboxylic acids is 1. The van der Waals surface area contributed by atoms with Crippen molar-refractivity contribution >= 4 is 39.8 Å². The molecule has 1 aliphatic heterocycles. The number of anilines is 2. The Kier molecular flexibility index (Phi) is 7.89. The topological polar surface area (TPSA) is 113 Å². The molecule has 30 heavy (non-hydrogen) atoms. The van der Waals surface area contributed by atoms with Crippen LogP contribution in [0.2, 0.25) is 5.02 Å². The van der Waals surface area contributed by atoms with Gasteiger partial charge in [-0.25, -0.2) is 0 Å². The molecule has 0 bridgehead atoms. The largest absolute Gasteiger partial charge is 0.464 e. The fourth-order valence-corrected chi connectivity index (χ4v) is 3.83. The van der Waals surface area contributed by atoms with Crippen molar-refractivity contribution in [1.82, 2.24) is 20.4 Å². The lowest BCUT2D eigenvalue weighted by molar-refractivity contribution is -0.115. The summed E-state index contributed by atoms with van der Waals surface area (Å²) in [4.78, 5) is 14.3. The third kappa shape index (κ3) is 6.09. The average molecular weight is 449 g/mol. The van der Waals surface area contributed by atoms with Gasteiger partial charge in [-0.15, -0.1) is 10.2 Å². The van der Waals surface area contributed by atoms with Gasteiger partial charge in [0.05, 0.1) is 13.0 Å². The molecule has 9 nitrogen and oxygen atoms in total. The number of amides is 1. The minimum absolute atomic E-state index is 0.00929. The van der Waals surface area contributed by atoms with Gasteiger partial charge in [-0.05, 0) is 41.2 Å². The Morgan fingerprint density at radius 1 is 1.30 bits per heavy atom. The van der Waals surface area contributed by atoms with E-state index in [1.807, 2.05) is 24.3 Å². The summed E-state index contributed by atoms with van der Waals surface area (Å²) in [6.07, 6.45) is 2.71. The maximum absolute atomic E-state index is 12.2. The van der Waals surface area contributed by atoms with Crippen molar-refractivity contribution in [3.63, 3.8) is 0 Å². The van der Waals surface area contributed by atoms with Crippen molar-refractivity contribution in [2.24, 2.45) is 0 Å². The molecule has 1 atom stereocenters. The number of aromatic nitrogens is 4. The first-order valence-corrected chi connectivity index (χ1v) is 10.4. The zero-order valence-electron chi connectivity index (χ0n) is 16.2. The number of benzene rings is 1. The lowest BCUT2D eigenvalue weighted by Crippen LogP contribution is -2.25. The molecule has 0 saturated carbocycles. The van der Waals surface area contributed by atoms with E-state index < -0.39 is 0 Å². The van der Waals surface area contributed by atoms with Crippen LogP contribution in [0.5, 0.6) is 5.19 Å². The highest BCUT2D eigenvalue weighted by Gasteiger charge is 2.26. The van der Waals surface area contributed by atoms with E-state index in [4.69, 9.17) is 21.4 Å². The standard InChI is InChI=1S/C18H17ClN6O2S.CH4O/c19-13-4-1-3-12(9-13)10-16(26)21-17-23-24-18(28-17)27-14-6-8-25(11-14)15-5-2-7-20-22-15;1-2/h1-5,7,9,14H,6,8,10-11H2,(H,21,23,26);2H,1H3. The van der Waals surface area contributed by atoms with E-state index in [1.54, 1.807) is 18.3 Å². The quantitative estimate of drug-likeness (QED) is 0.591. The predicted molar refractivity (Wildman–Crippen MR) is 115 cm³/mol. The monoisotopic (exact) mass is 448 g/mol. The molecule has 0 radical (unpaired) electrons. The average Bonchev–Trinajstić information content (AvgIpc) is 3.40. The number of aliphatic hydroxyl groups is 1. The molecular weight excluding hydrogens is 428 g/mol. The lowest BCUT2D eigenvalue weighted by atomic mass is 10.1. The first kappa shape index (κ1) is 21.9. The van der Waals surface area contributed by atoms with Crippen LogP contribution in [0.1, 0.15) is 12.0 Å². The number of nitrogens with one attached hydrogen (secondary N) is 1. The van der Waals surface area contributed by atoms with Gasteiger partial charge in [0.25, 0.3) is 5.19 Å². The van der Waals surface area contributed by atoms with Crippen LogP contribution in [0.3, 0.4) is 0 Å². The number of nitrogens with zero attached hydrogens (tertiary/aromatic N) is 5. The Hall–Kier alpha value is -2.82. The zero-order chi connectivity index (χ0) is 21.3. The molecule has 0 aliphatic carbocycles. The second-order valence-corrected chi connectivity index (χ2v) is 7.66. The number of hydrogen-bond acceptors (Lipinski definition) is 9. The Bertz CT molecular complexity index is 958. The predicted octanol–water partition coefficient (Wildman–Crippen LogP) is 2.43. The molecule has 0 spiro atoms. The van der Waals surface area contributed by atoms with E-state index in [-0.39, 0.29) is 18.4 Å². The first-order valence-electron chi connectivity index (χ1n) is 9.17. The van der Waals surface area contributed by atoms with Gasteiger partial charge in [0.15, 0.2) is 5.82 Å². The van der Waals surface area contributed by atoms with Gasteiger partial charge in [-0.3, -0.25) is 4.79 Å². The van der Waals surface area contributed by atoms with Crippen molar-refractivity contribution < 1.29 is 14.6 Å². The van der Waals surface area contributed by atoms with Crippen molar-refractivity contribution in [2.75, 3.05) is 30.4 Å². The number of ether oxygens (including phenoxy) is 1. The summed E-state index contributed by atoms with van der Waals surface area (Å²) in [6.45, 7) is 1.54. The summed E-state index contributed by atoms with van der Waals surface area (Å²) in [5.41, 5.74) is 0.834. The maximum Gasteiger partial charge on any atom is 0.296 e. The van der Waals surface area contributed by atoms with E-state index in [1.165, 1.54) is 11.3 Å². The van der Waals surface area contributed by atoms with Crippen LogP contribution in [-0.4, -0.2) is 57.7 Å². The molecule has 1 unspecified atom stereocenters. The van der Waals surface area contributed by atoms with Gasteiger partial charge in [0.2, 0.25) is 11.0 Å². The minimum Gasteiger partial charge on any atom is -0.464 e. The van der Waals surface area contributed by atoms with Gasteiger partial charge in [0.1, 0.15) is 6.10 Å². The third-order valence-corrected chi connectivity index (χ3v) is 5.17. The highest BCUT2D eigenvalue weighted by atomic mass is 35.5. The van der Waals surface area contributed by atoms with Crippen LogP contribution in [0.4, 0.5) is 10.9 Å².